The van der Waals surface area contributed by atoms with Gasteiger partial charge in [-0.15, -0.1) is 0 Å². The Bertz CT molecular complexity index is 291. The molecule has 0 saturated heterocycles. The Morgan fingerprint density at radius 2 is 2.07 bits per heavy atom. The van der Waals surface area contributed by atoms with E-state index in [0.29, 0.717) is 19.0 Å². The van der Waals surface area contributed by atoms with Gasteiger partial charge in [0.1, 0.15) is 18.3 Å². The molecule has 0 bridgehead atoms. The largest absolute Gasteiger partial charge is 0.338 e. The summed E-state index contributed by atoms with van der Waals surface area (Å²) in [5.41, 5.74) is 0. The van der Waals surface area contributed by atoms with E-state index in [2.05, 4.69) is 15.2 Å². The molecule has 0 saturated carbocycles. The maximum Gasteiger partial charge on any atom is 0.338 e. The fourth-order valence-corrected chi connectivity index (χ4v) is 2.58. The first kappa shape index (κ1) is 11.4. The van der Waals surface area contributed by atoms with E-state index < -0.39 is 7.60 Å². The van der Waals surface area contributed by atoms with Crippen LogP contribution in [-0.2, 0) is 19.8 Å². The van der Waals surface area contributed by atoms with Crippen molar-refractivity contribution < 1.29 is 13.6 Å². The van der Waals surface area contributed by atoms with Gasteiger partial charge < -0.3 is 9.05 Å². The van der Waals surface area contributed by atoms with Crippen molar-refractivity contribution in [2.45, 2.75) is 20.0 Å². The molecule has 0 aliphatic heterocycles. The third-order valence-electron chi connectivity index (χ3n) is 1.46. The van der Waals surface area contributed by atoms with Gasteiger partial charge in [0.05, 0.1) is 13.2 Å². The predicted octanol–water partition coefficient (Wildman–Crippen LogP) is 1.57. The SMILES string of the molecule is CCOP(=O)(Cc1ncn[nH]1)OCC. The number of aromatic nitrogens is 3. The Kier molecular flexibility index (Phi) is 4.25. The van der Waals surface area contributed by atoms with Crippen LogP contribution >= 0.6 is 7.60 Å². The molecule has 0 fully saturated rings. The van der Waals surface area contributed by atoms with Crippen molar-refractivity contribution >= 4 is 7.60 Å². The van der Waals surface area contributed by atoms with Crippen LogP contribution in [-0.4, -0.2) is 28.4 Å². The van der Waals surface area contributed by atoms with Crippen molar-refractivity contribution in [1.29, 1.82) is 0 Å². The zero-order valence-corrected chi connectivity index (χ0v) is 9.16. The van der Waals surface area contributed by atoms with E-state index in [1.807, 2.05) is 0 Å². The molecule has 1 rings (SSSR count). The molecule has 0 aliphatic carbocycles. The zero-order valence-electron chi connectivity index (χ0n) is 8.27. The maximum atomic E-state index is 11.9. The monoisotopic (exact) mass is 219 g/mol. The van der Waals surface area contributed by atoms with Gasteiger partial charge in [0.15, 0.2) is 0 Å². The number of nitrogens with zero attached hydrogens (tertiary/aromatic N) is 2. The predicted molar refractivity (Wildman–Crippen MR) is 50.9 cm³/mol. The summed E-state index contributed by atoms with van der Waals surface area (Å²) in [4.78, 5) is 3.87. The molecule has 0 aliphatic rings. The lowest BCUT2D eigenvalue weighted by Crippen LogP contribution is -2.00. The summed E-state index contributed by atoms with van der Waals surface area (Å²) >= 11 is 0. The molecule has 6 nitrogen and oxygen atoms in total. The second-order valence-corrected chi connectivity index (χ2v) is 4.59. The lowest BCUT2D eigenvalue weighted by Gasteiger charge is -2.15. The smallest absolute Gasteiger partial charge is 0.309 e. The molecular formula is C7H14N3O3P. The second-order valence-electron chi connectivity index (χ2n) is 2.54. The zero-order chi connectivity index (χ0) is 10.4. The van der Waals surface area contributed by atoms with E-state index in [9.17, 15) is 4.57 Å². The van der Waals surface area contributed by atoms with Gasteiger partial charge in [-0.3, -0.25) is 9.66 Å². The Morgan fingerprint density at radius 1 is 1.43 bits per heavy atom. The van der Waals surface area contributed by atoms with E-state index in [1.54, 1.807) is 13.8 Å². The first-order chi connectivity index (χ1) is 6.70. The minimum atomic E-state index is -3.04. The third kappa shape index (κ3) is 3.21. The van der Waals surface area contributed by atoms with Crippen LogP contribution in [0.4, 0.5) is 0 Å². The molecule has 1 aromatic rings. The molecule has 1 aromatic heterocycles. The number of hydrogen-bond acceptors (Lipinski definition) is 5. The van der Waals surface area contributed by atoms with Crippen molar-refractivity contribution in [2.24, 2.45) is 0 Å². The molecule has 7 heteroatoms. The highest BCUT2D eigenvalue weighted by Crippen LogP contribution is 2.50. The first-order valence-electron chi connectivity index (χ1n) is 4.42. The number of aromatic amines is 1. The number of hydrogen-bond donors (Lipinski definition) is 1. The van der Waals surface area contributed by atoms with Gasteiger partial charge in [-0.25, -0.2) is 4.98 Å². The second kappa shape index (κ2) is 5.24. The van der Waals surface area contributed by atoms with Crippen LogP contribution in [0.15, 0.2) is 6.33 Å². The highest BCUT2D eigenvalue weighted by molar-refractivity contribution is 7.53. The normalized spacial score (nSPS) is 11.9. The molecule has 80 valence electrons. The van der Waals surface area contributed by atoms with E-state index in [0.717, 1.165) is 0 Å². The van der Waals surface area contributed by atoms with Gasteiger partial charge in [0, 0.05) is 0 Å². The molecule has 0 atom stereocenters. The molecule has 0 radical (unpaired) electrons. The van der Waals surface area contributed by atoms with Gasteiger partial charge in [0.2, 0.25) is 0 Å². The van der Waals surface area contributed by atoms with Gasteiger partial charge in [-0.1, -0.05) is 0 Å². The molecular weight excluding hydrogens is 205 g/mol. The van der Waals surface area contributed by atoms with Gasteiger partial charge in [-0.2, -0.15) is 5.10 Å². The third-order valence-corrected chi connectivity index (χ3v) is 3.45. The van der Waals surface area contributed by atoms with E-state index in [-0.39, 0.29) is 6.16 Å². The molecule has 1 heterocycles. The van der Waals surface area contributed by atoms with Crippen LogP contribution in [0.3, 0.4) is 0 Å². The molecule has 0 unspecified atom stereocenters. The summed E-state index contributed by atoms with van der Waals surface area (Å²) < 4.78 is 22.1. The Balaban J connectivity index is 2.64. The molecule has 0 amide bonds. The molecule has 0 aromatic carbocycles. The van der Waals surface area contributed by atoms with Gasteiger partial charge in [-0.05, 0) is 13.8 Å². The summed E-state index contributed by atoms with van der Waals surface area (Å²) in [6.07, 6.45) is 1.49. The van der Waals surface area contributed by atoms with E-state index >= 15 is 0 Å². The topological polar surface area (TPSA) is 77.1 Å². The van der Waals surface area contributed by atoms with Gasteiger partial charge >= 0.3 is 7.60 Å². The average Bonchev–Trinajstić information content (AvgIpc) is 2.57. The minimum Gasteiger partial charge on any atom is -0.309 e. The van der Waals surface area contributed by atoms with Crippen molar-refractivity contribution in [1.82, 2.24) is 15.2 Å². The fourth-order valence-electron chi connectivity index (χ4n) is 1.01. The van der Waals surface area contributed by atoms with Crippen molar-refractivity contribution in [3.63, 3.8) is 0 Å². The summed E-state index contributed by atoms with van der Waals surface area (Å²) in [6, 6.07) is 0. The van der Waals surface area contributed by atoms with E-state index in [1.165, 1.54) is 6.33 Å². The van der Waals surface area contributed by atoms with Crippen molar-refractivity contribution in [3.05, 3.63) is 12.2 Å². The number of nitrogens with one attached hydrogen (secondary N) is 1. The Morgan fingerprint density at radius 3 is 2.50 bits per heavy atom. The first-order valence-corrected chi connectivity index (χ1v) is 6.15. The summed E-state index contributed by atoms with van der Waals surface area (Å²) in [5, 5.41) is 6.27. The van der Waals surface area contributed by atoms with Crippen LogP contribution in [0.25, 0.3) is 0 Å². The molecule has 14 heavy (non-hydrogen) atoms. The van der Waals surface area contributed by atoms with Crippen molar-refractivity contribution in [3.8, 4) is 0 Å². The quantitative estimate of drug-likeness (QED) is 0.735. The maximum absolute atomic E-state index is 11.9. The highest BCUT2D eigenvalue weighted by atomic mass is 31.2. The van der Waals surface area contributed by atoms with Crippen LogP contribution < -0.4 is 0 Å². The molecule has 0 spiro atoms. The standard InChI is InChI=1S/C7H14N3O3P/c1-3-12-14(11,13-4-2)5-7-8-6-9-10-7/h6H,3-5H2,1-2H3,(H,8,9,10). The number of H-pyrrole nitrogens is 1. The van der Waals surface area contributed by atoms with E-state index in [4.69, 9.17) is 9.05 Å². The van der Waals surface area contributed by atoms with Crippen LogP contribution in [0.1, 0.15) is 19.7 Å². The van der Waals surface area contributed by atoms with Crippen molar-refractivity contribution in [2.75, 3.05) is 13.2 Å². The van der Waals surface area contributed by atoms with Gasteiger partial charge in [0.25, 0.3) is 0 Å². The van der Waals surface area contributed by atoms with Crippen LogP contribution in [0.2, 0.25) is 0 Å². The summed E-state index contributed by atoms with van der Waals surface area (Å²) in [5.74, 6) is 0.509. The molecule has 1 N–H and O–H groups in total. The summed E-state index contributed by atoms with van der Waals surface area (Å²) in [6.45, 7) is 4.24. The fraction of sp³-hybridized carbons (Fsp3) is 0.714. The average molecular weight is 219 g/mol. The lowest BCUT2D eigenvalue weighted by atomic mass is 10.7. The minimum absolute atomic E-state index is 0.134. The Hall–Kier alpha value is -0.710. The lowest BCUT2D eigenvalue weighted by molar-refractivity contribution is 0.218. The highest BCUT2D eigenvalue weighted by Gasteiger charge is 2.25. The van der Waals surface area contributed by atoms with Crippen LogP contribution in [0, 0.1) is 0 Å². The number of rotatable bonds is 6. The summed E-state index contributed by atoms with van der Waals surface area (Å²) in [7, 11) is -3.04. The Labute approximate surface area is 82.6 Å². The van der Waals surface area contributed by atoms with Crippen LogP contribution in [0.5, 0.6) is 0 Å².